The number of hydrogen-bond acceptors (Lipinski definition) is 4. The molecule has 21 heavy (non-hydrogen) atoms. The molecule has 2 unspecified atom stereocenters. The fraction of sp³-hybridized carbons (Fsp3) is 0.625. The molecular weight excluding hydrogens is 286 g/mol. The normalized spacial score (nSPS) is 25.7. The highest BCUT2D eigenvalue weighted by molar-refractivity contribution is 7.90. The summed E-state index contributed by atoms with van der Waals surface area (Å²) >= 11 is 0. The molecule has 0 spiro atoms. The summed E-state index contributed by atoms with van der Waals surface area (Å²) in [5, 5.41) is 0. The molecule has 2 N–H and O–H groups in total. The van der Waals surface area contributed by atoms with Crippen LogP contribution in [-0.2, 0) is 14.6 Å². The highest BCUT2D eigenvalue weighted by atomic mass is 32.2. The zero-order valence-corrected chi connectivity index (χ0v) is 14.2. The Bertz CT molecular complexity index is 617. The first-order chi connectivity index (χ1) is 9.42. The monoisotopic (exact) mass is 311 g/mol. The van der Waals surface area contributed by atoms with E-state index in [1.54, 1.807) is 12.1 Å². The summed E-state index contributed by atoms with van der Waals surface area (Å²) in [6.45, 7) is 8.29. The zero-order valence-electron chi connectivity index (χ0n) is 13.4. The smallest absolute Gasteiger partial charge is 0.175 e. The van der Waals surface area contributed by atoms with E-state index >= 15 is 0 Å². The van der Waals surface area contributed by atoms with Crippen molar-refractivity contribution in [2.24, 2.45) is 11.7 Å². The largest absolute Gasteiger partial charge is 0.369 e. The summed E-state index contributed by atoms with van der Waals surface area (Å²) in [6.07, 6.45) is 2.09. The van der Waals surface area contributed by atoms with E-state index in [0.717, 1.165) is 12.0 Å². The molecule has 5 heteroatoms. The van der Waals surface area contributed by atoms with Crippen molar-refractivity contribution in [1.29, 1.82) is 0 Å². The van der Waals surface area contributed by atoms with E-state index in [1.807, 2.05) is 12.1 Å². The van der Waals surface area contributed by atoms with Gasteiger partial charge in [-0.2, -0.15) is 0 Å². The van der Waals surface area contributed by atoms with E-state index < -0.39 is 9.84 Å². The predicted octanol–water partition coefficient (Wildman–Crippen LogP) is 2.68. The fourth-order valence-electron chi connectivity index (χ4n) is 3.33. The lowest BCUT2D eigenvalue weighted by atomic mass is 9.79. The molecule has 2 atom stereocenters. The van der Waals surface area contributed by atoms with Crippen molar-refractivity contribution in [3.63, 3.8) is 0 Å². The molecule has 0 saturated carbocycles. The molecule has 0 radical (unpaired) electrons. The number of rotatable bonds is 3. The van der Waals surface area contributed by atoms with Crippen LogP contribution in [0.5, 0.6) is 0 Å². The molecule has 1 aromatic carbocycles. The topological polar surface area (TPSA) is 69.4 Å². The van der Waals surface area contributed by atoms with Crippen LogP contribution >= 0.6 is 0 Å². The van der Waals surface area contributed by atoms with Crippen molar-refractivity contribution in [3.05, 3.63) is 29.8 Å². The summed E-state index contributed by atoms with van der Waals surface area (Å²) in [4.78, 5) is 0.320. The van der Waals surface area contributed by atoms with Gasteiger partial charge in [0, 0.05) is 18.2 Å². The standard InChI is InChI=1S/C16H25NO3S/c1-15(2)10-13(16(3,4)20-15)14(17)11-6-8-12(9-7-11)21(5,18)19/h6-9,13-14H,10,17H2,1-5H3. The van der Waals surface area contributed by atoms with E-state index in [-0.39, 0.29) is 23.2 Å². The van der Waals surface area contributed by atoms with Gasteiger partial charge < -0.3 is 10.5 Å². The molecule has 1 heterocycles. The third kappa shape index (κ3) is 3.47. The van der Waals surface area contributed by atoms with Crippen molar-refractivity contribution in [2.45, 2.75) is 56.3 Å². The van der Waals surface area contributed by atoms with E-state index in [2.05, 4.69) is 27.7 Å². The summed E-state index contributed by atoms with van der Waals surface area (Å²) in [5.74, 6) is 0.191. The van der Waals surface area contributed by atoms with Gasteiger partial charge in [-0.3, -0.25) is 0 Å². The first-order valence-corrected chi connectivity index (χ1v) is 9.07. The van der Waals surface area contributed by atoms with Gasteiger partial charge in [-0.25, -0.2) is 8.42 Å². The van der Waals surface area contributed by atoms with Gasteiger partial charge in [0.15, 0.2) is 9.84 Å². The number of nitrogens with two attached hydrogens (primary N) is 1. The maximum atomic E-state index is 11.5. The van der Waals surface area contributed by atoms with Gasteiger partial charge in [0.2, 0.25) is 0 Å². The number of ether oxygens (including phenoxy) is 1. The van der Waals surface area contributed by atoms with Gasteiger partial charge in [-0.1, -0.05) is 12.1 Å². The molecule has 0 aliphatic carbocycles. The lowest BCUT2D eigenvalue weighted by molar-refractivity contribution is -0.0767. The molecule has 1 aromatic rings. The maximum absolute atomic E-state index is 11.5. The fourth-order valence-corrected chi connectivity index (χ4v) is 3.96. The second kappa shape index (κ2) is 5.07. The molecule has 1 fully saturated rings. The van der Waals surface area contributed by atoms with Crippen LogP contribution < -0.4 is 5.73 Å². The minimum atomic E-state index is -3.17. The number of benzene rings is 1. The average Bonchev–Trinajstić information content (AvgIpc) is 2.55. The average molecular weight is 311 g/mol. The van der Waals surface area contributed by atoms with Crippen molar-refractivity contribution in [2.75, 3.05) is 6.26 Å². The molecule has 2 rings (SSSR count). The second-order valence-corrected chi connectivity index (χ2v) is 9.16. The van der Waals surface area contributed by atoms with Crippen LogP contribution in [0, 0.1) is 5.92 Å². The van der Waals surface area contributed by atoms with E-state index in [0.29, 0.717) is 4.90 Å². The Balaban J connectivity index is 2.26. The Hall–Kier alpha value is -0.910. The first kappa shape index (κ1) is 16.5. The van der Waals surface area contributed by atoms with Gasteiger partial charge in [0.25, 0.3) is 0 Å². The lowest BCUT2D eigenvalue weighted by Gasteiger charge is -2.31. The molecule has 118 valence electrons. The Morgan fingerprint density at radius 3 is 2.10 bits per heavy atom. The van der Waals surface area contributed by atoms with Gasteiger partial charge in [-0.15, -0.1) is 0 Å². The Morgan fingerprint density at radius 1 is 1.19 bits per heavy atom. The van der Waals surface area contributed by atoms with Crippen molar-refractivity contribution >= 4 is 9.84 Å². The van der Waals surface area contributed by atoms with Crippen molar-refractivity contribution in [1.82, 2.24) is 0 Å². The van der Waals surface area contributed by atoms with Gasteiger partial charge in [-0.05, 0) is 51.8 Å². The minimum absolute atomic E-state index is 0.171. The molecule has 0 aromatic heterocycles. The predicted molar refractivity (Wildman–Crippen MR) is 83.8 cm³/mol. The van der Waals surface area contributed by atoms with Crippen LogP contribution in [0.3, 0.4) is 0 Å². The van der Waals surface area contributed by atoms with Crippen LogP contribution in [0.25, 0.3) is 0 Å². The molecule has 0 amide bonds. The molecule has 1 saturated heterocycles. The highest BCUT2D eigenvalue weighted by Gasteiger charge is 2.48. The van der Waals surface area contributed by atoms with Crippen molar-refractivity contribution < 1.29 is 13.2 Å². The summed E-state index contributed by atoms with van der Waals surface area (Å²) in [7, 11) is -3.17. The van der Waals surface area contributed by atoms with Crippen LogP contribution in [0.1, 0.15) is 45.7 Å². The van der Waals surface area contributed by atoms with Crippen LogP contribution in [-0.4, -0.2) is 25.9 Å². The zero-order chi connectivity index (χ0) is 16.1. The van der Waals surface area contributed by atoms with E-state index in [9.17, 15) is 8.42 Å². The Morgan fingerprint density at radius 2 is 1.71 bits per heavy atom. The van der Waals surface area contributed by atoms with E-state index in [1.165, 1.54) is 6.26 Å². The molecule has 4 nitrogen and oxygen atoms in total. The minimum Gasteiger partial charge on any atom is -0.369 e. The lowest BCUT2D eigenvalue weighted by Crippen LogP contribution is -2.35. The molecule has 0 bridgehead atoms. The Labute approximate surface area is 127 Å². The summed E-state index contributed by atoms with van der Waals surface area (Å²) in [5.41, 5.74) is 6.90. The number of sulfone groups is 1. The quantitative estimate of drug-likeness (QED) is 0.932. The molecular formula is C16H25NO3S. The third-order valence-electron chi connectivity index (χ3n) is 4.27. The summed E-state index contributed by atoms with van der Waals surface area (Å²) in [6, 6.07) is 6.69. The first-order valence-electron chi connectivity index (χ1n) is 7.18. The van der Waals surface area contributed by atoms with Gasteiger partial charge in [0.1, 0.15) is 0 Å². The Kier molecular flexibility index (Phi) is 3.98. The number of hydrogen-bond donors (Lipinski definition) is 1. The van der Waals surface area contributed by atoms with Gasteiger partial charge >= 0.3 is 0 Å². The van der Waals surface area contributed by atoms with Crippen LogP contribution in [0.2, 0.25) is 0 Å². The van der Waals surface area contributed by atoms with Gasteiger partial charge in [0.05, 0.1) is 16.1 Å². The molecule has 1 aliphatic rings. The van der Waals surface area contributed by atoms with E-state index in [4.69, 9.17) is 10.5 Å². The second-order valence-electron chi connectivity index (χ2n) is 7.14. The maximum Gasteiger partial charge on any atom is 0.175 e. The molecule has 1 aliphatic heterocycles. The van der Waals surface area contributed by atoms with Crippen LogP contribution in [0.4, 0.5) is 0 Å². The summed E-state index contributed by atoms with van der Waals surface area (Å²) < 4.78 is 29.1. The SMILES string of the molecule is CC1(C)CC(C(N)c2ccc(S(C)(=O)=O)cc2)C(C)(C)O1. The highest BCUT2D eigenvalue weighted by Crippen LogP contribution is 2.46. The van der Waals surface area contributed by atoms with Crippen LogP contribution in [0.15, 0.2) is 29.2 Å². The van der Waals surface area contributed by atoms with Crippen molar-refractivity contribution in [3.8, 4) is 0 Å². The third-order valence-corrected chi connectivity index (χ3v) is 5.40.